The van der Waals surface area contributed by atoms with Crippen LogP contribution in [0.1, 0.15) is 78.0 Å². The molecule has 41 heavy (non-hydrogen) atoms. The van der Waals surface area contributed by atoms with Crippen molar-refractivity contribution in [2.75, 3.05) is 11.4 Å². The number of nitrogens with one attached hydrogen (secondary N) is 2. The van der Waals surface area contributed by atoms with Gasteiger partial charge in [-0.25, -0.2) is 9.59 Å². The standard InChI is InChI=1S/C32H36ClN3O5/c1-21(23-11-15-27(33)16-12-23)36(28-17-13-25(14-18-28)24-5-3-2-4-6-24)32(41)35-19-22-7-9-26(10-8-22)30(38)34-20-29(37)31(39)40/h7-18,21,24,29,37H,2-6,19-20H2,1H3,(H,34,38)(H,35,41)(H,39,40)/t21-,29+/m0/s1. The highest BCUT2D eigenvalue weighted by molar-refractivity contribution is 6.30. The summed E-state index contributed by atoms with van der Waals surface area (Å²) in [6.07, 6.45) is 4.55. The first-order valence-corrected chi connectivity index (χ1v) is 14.3. The summed E-state index contributed by atoms with van der Waals surface area (Å²) in [4.78, 5) is 38.3. The van der Waals surface area contributed by atoms with Gasteiger partial charge < -0.3 is 20.8 Å². The van der Waals surface area contributed by atoms with Crippen LogP contribution >= 0.6 is 11.6 Å². The number of carbonyl (C=O) groups excluding carboxylic acids is 2. The number of rotatable bonds is 10. The SMILES string of the molecule is C[C@@H](c1ccc(Cl)cc1)N(C(=O)NCc1ccc(C(=O)NC[C@@H](O)C(=O)O)cc1)c1ccc(C2CCCCC2)cc1. The van der Waals surface area contributed by atoms with Gasteiger partial charge in [0.25, 0.3) is 5.91 Å². The molecule has 4 rings (SSSR count). The fourth-order valence-corrected chi connectivity index (χ4v) is 5.29. The lowest BCUT2D eigenvalue weighted by molar-refractivity contribution is -0.146. The molecular formula is C32H36ClN3O5. The molecule has 0 unspecified atom stereocenters. The number of carboxylic acids is 1. The molecule has 3 aromatic carbocycles. The minimum atomic E-state index is -1.67. The molecule has 9 heteroatoms. The average Bonchev–Trinajstić information content (AvgIpc) is 3.00. The van der Waals surface area contributed by atoms with Crippen molar-refractivity contribution in [3.8, 4) is 0 Å². The third kappa shape index (κ3) is 8.08. The van der Waals surface area contributed by atoms with E-state index in [-0.39, 0.29) is 18.6 Å². The summed E-state index contributed by atoms with van der Waals surface area (Å²) in [7, 11) is 0. The molecule has 1 saturated carbocycles. The van der Waals surface area contributed by atoms with Crippen molar-refractivity contribution < 1.29 is 24.6 Å². The van der Waals surface area contributed by atoms with Gasteiger partial charge in [0.1, 0.15) is 0 Å². The average molecular weight is 578 g/mol. The molecule has 8 nitrogen and oxygen atoms in total. The van der Waals surface area contributed by atoms with Crippen LogP contribution in [0.4, 0.5) is 10.5 Å². The molecule has 1 fully saturated rings. The number of halogens is 1. The van der Waals surface area contributed by atoms with Gasteiger partial charge in [0.15, 0.2) is 6.10 Å². The summed E-state index contributed by atoms with van der Waals surface area (Å²) in [6.45, 7) is 1.82. The van der Waals surface area contributed by atoms with Crippen LogP contribution in [0, 0.1) is 0 Å². The van der Waals surface area contributed by atoms with Gasteiger partial charge in [0.2, 0.25) is 0 Å². The maximum Gasteiger partial charge on any atom is 0.334 e. The van der Waals surface area contributed by atoms with Crippen molar-refractivity contribution in [3.05, 3.63) is 100 Å². The van der Waals surface area contributed by atoms with Crippen LogP contribution in [-0.4, -0.2) is 40.8 Å². The normalized spacial score (nSPS) is 15.0. The number of carbonyl (C=O) groups is 3. The second-order valence-corrected chi connectivity index (χ2v) is 10.9. The Balaban J connectivity index is 1.45. The van der Waals surface area contributed by atoms with E-state index in [1.165, 1.54) is 37.7 Å². The van der Waals surface area contributed by atoms with E-state index in [1.807, 2.05) is 43.3 Å². The Bertz CT molecular complexity index is 1320. The predicted molar refractivity (Wildman–Crippen MR) is 159 cm³/mol. The number of urea groups is 1. The lowest BCUT2D eigenvalue weighted by Gasteiger charge is -2.31. The molecule has 0 aromatic heterocycles. The van der Waals surface area contributed by atoms with E-state index in [1.54, 1.807) is 29.2 Å². The van der Waals surface area contributed by atoms with Crippen molar-refractivity contribution >= 4 is 35.2 Å². The Labute approximate surface area is 245 Å². The van der Waals surface area contributed by atoms with Gasteiger partial charge >= 0.3 is 12.0 Å². The van der Waals surface area contributed by atoms with Gasteiger partial charge in [-0.3, -0.25) is 9.69 Å². The number of aliphatic hydroxyl groups excluding tert-OH is 1. The molecule has 0 saturated heterocycles. The maximum atomic E-state index is 13.6. The number of aliphatic carboxylic acids is 1. The number of anilines is 1. The first kappa shape index (κ1) is 30.1. The van der Waals surface area contributed by atoms with E-state index in [2.05, 4.69) is 22.8 Å². The molecule has 3 aromatic rings. The van der Waals surface area contributed by atoms with Crippen LogP contribution in [0.3, 0.4) is 0 Å². The first-order chi connectivity index (χ1) is 19.7. The molecule has 0 spiro atoms. The Hall–Kier alpha value is -3.88. The van der Waals surface area contributed by atoms with Crippen molar-refractivity contribution in [2.24, 2.45) is 0 Å². The fraction of sp³-hybridized carbons (Fsp3) is 0.344. The zero-order chi connectivity index (χ0) is 29.4. The monoisotopic (exact) mass is 577 g/mol. The topological polar surface area (TPSA) is 119 Å². The van der Waals surface area contributed by atoms with Crippen LogP contribution in [0.25, 0.3) is 0 Å². The quantitative estimate of drug-likeness (QED) is 0.234. The maximum absolute atomic E-state index is 13.6. The third-order valence-corrected chi connectivity index (χ3v) is 7.86. The van der Waals surface area contributed by atoms with E-state index < -0.39 is 24.5 Å². The van der Waals surface area contributed by atoms with E-state index >= 15 is 0 Å². The van der Waals surface area contributed by atoms with Gasteiger partial charge in [-0.1, -0.05) is 67.3 Å². The molecule has 0 aliphatic heterocycles. The Kier molecular flexibility index (Phi) is 10.4. The highest BCUT2D eigenvalue weighted by atomic mass is 35.5. The summed E-state index contributed by atoms with van der Waals surface area (Å²) in [5.74, 6) is -1.34. The zero-order valence-electron chi connectivity index (χ0n) is 23.1. The summed E-state index contributed by atoms with van der Waals surface area (Å²) in [6, 6.07) is 21.9. The van der Waals surface area contributed by atoms with Crippen LogP contribution in [0.15, 0.2) is 72.8 Å². The minimum Gasteiger partial charge on any atom is -0.479 e. The van der Waals surface area contributed by atoms with Crippen molar-refractivity contribution in [3.63, 3.8) is 0 Å². The van der Waals surface area contributed by atoms with Crippen molar-refractivity contribution in [1.82, 2.24) is 10.6 Å². The van der Waals surface area contributed by atoms with Gasteiger partial charge in [0.05, 0.1) is 12.6 Å². The largest absolute Gasteiger partial charge is 0.479 e. The molecule has 0 bridgehead atoms. The second-order valence-electron chi connectivity index (χ2n) is 10.4. The van der Waals surface area contributed by atoms with Gasteiger partial charge in [0, 0.05) is 22.8 Å². The van der Waals surface area contributed by atoms with Gasteiger partial charge in [-0.2, -0.15) is 0 Å². The summed E-state index contributed by atoms with van der Waals surface area (Å²) < 4.78 is 0. The molecule has 216 valence electrons. The van der Waals surface area contributed by atoms with Crippen LogP contribution < -0.4 is 15.5 Å². The highest BCUT2D eigenvalue weighted by Gasteiger charge is 2.24. The number of amides is 3. The zero-order valence-corrected chi connectivity index (χ0v) is 23.8. The number of carboxylic acid groups (broad SMARTS) is 1. The van der Waals surface area contributed by atoms with Crippen LogP contribution in [0.2, 0.25) is 5.02 Å². The van der Waals surface area contributed by atoms with Crippen LogP contribution in [-0.2, 0) is 11.3 Å². The third-order valence-electron chi connectivity index (χ3n) is 7.61. The van der Waals surface area contributed by atoms with E-state index in [9.17, 15) is 19.5 Å². The fourth-order valence-electron chi connectivity index (χ4n) is 5.17. The molecule has 3 amide bonds. The molecular weight excluding hydrogens is 542 g/mol. The van der Waals surface area contributed by atoms with Crippen molar-refractivity contribution in [2.45, 2.75) is 63.6 Å². The molecule has 0 radical (unpaired) electrons. The summed E-state index contributed by atoms with van der Waals surface area (Å²) in [5.41, 5.74) is 4.15. The van der Waals surface area contributed by atoms with E-state index in [0.717, 1.165) is 16.8 Å². The number of hydrogen-bond donors (Lipinski definition) is 4. The number of benzene rings is 3. The number of aliphatic hydroxyl groups is 1. The molecule has 0 heterocycles. The molecule has 1 aliphatic rings. The summed E-state index contributed by atoms with van der Waals surface area (Å²) >= 11 is 6.11. The predicted octanol–water partition coefficient (Wildman–Crippen LogP) is 6.04. The Morgan fingerprint density at radius 1 is 0.902 bits per heavy atom. The minimum absolute atomic E-state index is 0.239. The molecule has 4 N–H and O–H groups in total. The van der Waals surface area contributed by atoms with Crippen LogP contribution in [0.5, 0.6) is 0 Å². The lowest BCUT2D eigenvalue weighted by Crippen LogP contribution is -2.41. The van der Waals surface area contributed by atoms with Gasteiger partial charge in [-0.15, -0.1) is 0 Å². The molecule has 2 atom stereocenters. The molecule has 1 aliphatic carbocycles. The Morgan fingerprint density at radius 2 is 1.54 bits per heavy atom. The Morgan fingerprint density at radius 3 is 2.15 bits per heavy atom. The van der Waals surface area contributed by atoms with E-state index in [4.69, 9.17) is 16.7 Å². The van der Waals surface area contributed by atoms with Crippen molar-refractivity contribution in [1.29, 1.82) is 0 Å². The van der Waals surface area contributed by atoms with Gasteiger partial charge in [-0.05, 0) is 78.8 Å². The smallest absolute Gasteiger partial charge is 0.334 e. The first-order valence-electron chi connectivity index (χ1n) is 13.9. The number of nitrogens with zero attached hydrogens (tertiary/aromatic N) is 1. The highest BCUT2D eigenvalue weighted by Crippen LogP contribution is 2.35. The number of hydrogen-bond acceptors (Lipinski definition) is 4. The van der Waals surface area contributed by atoms with E-state index in [0.29, 0.717) is 16.5 Å². The lowest BCUT2D eigenvalue weighted by atomic mass is 9.84. The summed E-state index contributed by atoms with van der Waals surface area (Å²) in [5, 5.41) is 24.1. The second kappa shape index (κ2) is 14.1.